The number of likely N-dealkylation sites (tertiary alicyclic amines) is 1. The Kier molecular flexibility index (Phi) is 5.19. The lowest BCUT2D eigenvalue weighted by molar-refractivity contribution is 0.242. The molecule has 0 amide bonds. The fraction of sp³-hybridized carbons (Fsp3) is 0.292. The Hall–Kier alpha value is -2.47. The molecule has 0 radical (unpaired) electrons. The Bertz CT molecular complexity index is 1180. The Morgan fingerprint density at radius 1 is 1.07 bits per heavy atom. The lowest BCUT2D eigenvalue weighted by Crippen LogP contribution is -2.33. The second-order valence-corrected chi connectivity index (χ2v) is 8.63. The van der Waals surface area contributed by atoms with E-state index in [1.807, 2.05) is 35.6 Å². The van der Waals surface area contributed by atoms with Crippen molar-refractivity contribution in [3.05, 3.63) is 80.8 Å². The van der Waals surface area contributed by atoms with Crippen LogP contribution in [0.15, 0.2) is 69.2 Å². The van der Waals surface area contributed by atoms with Crippen LogP contribution in [0.4, 0.5) is 0 Å². The highest BCUT2D eigenvalue weighted by molar-refractivity contribution is 7.10. The van der Waals surface area contributed by atoms with Crippen molar-refractivity contribution in [2.75, 3.05) is 19.6 Å². The summed E-state index contributed by atoms with van der Waals surface area (Å²) in [7, 11) is 0. The van der Waals surface area contributed by atoms with Gasteiger partial charge in [0.2, 0.25) is 0 Å². The molecule has 1 N–H and O–H groups in total. The van der Waals surface area contributed by atoms with Gasteiger partial charge in [-0.1, -0.05) is 36.4 Å². The molecule has 5 heteroatoms. The van der Waals surface area contributed by atoms with Crippen molar-refractivity contribution in [2.24, 2.45) is 0 Å². The van der Waals surface area contributed by atoms with E-state index in [2.05, 4.69) is 39.9 Å². The van der Waals surface area contributed by atoms with Crippen LogP contribution < -0.4 is 10.9 Å². The smallest absolute Gasteiger partial charge is 0.336 e. The van der Waals surface area contributed by atoms with E-state index in [-0.39, 0.29) is 5.63 Å². The zero-order valence-electron chi connectivity index (χ0n) is 16.3. The van der Waals surface area contributed by atoms with Crippen LogP contribution in [0.3, 0.4) is 0 Å². The van der Waals surface area contributed by atoms with E-state index < -0.39 is 0 Å². The fourth-order valence-corrected chi connectivity index (χ4v) is 5.31. The summed E-state index contributed by atoms with van der Waals surface area (Å²) in [4.78, 5) is 16.1. The molecule has 148 valence electrons. The third-order valence-electron chi connectivity index (χ3n) is 5.82. The first kappa shape index (κ1) is 18.6. The maximum absolute atomic E-state index is 12.1. The molecule has 0 aliphatic carbocycles. The van der Waals surface area contributed by atoms with Gasteiger partial charge in [-0.2, -0.15) is 0 Å². The second kappa shape index (κ2) is 8.11. The van der Waals surface area contributed by atoms with Crippen LogP contribution in [-0.4, -0.2) is 24.5 Å². The van der Waals surface area contributed by atoms with E-state index >= 15 is 0 Å². The van der Waals surface area contributed by atoms with Gasteiger partial charge >= 0.3 is 5.63 Å². The maximum Gasteiger partial charge on any atom is 0.336 e. The molecule has 29 heavy (non-hydrogen) atoms. The van der Waals surface area contributed by atoms with E-state index in [0.29, 0.717) is 18.2 Å². The number of hydrogen-bond donors (Lipinski definition) is 1. The van der Waals surface area contributed by atoms with Gasteiger partial charge in [0.05, 0.1) is 6.04 Å². The molecule has 0 bridgehead atoms. The van der Waals surface area contributed by atoms with Gasteiger partial charge in [0.15, 0.2) is 0 Å². The first-order valence-corrected chi connectivity index (χ1v) is 11.1. The van der Waals surface area contributed by atoms with Gasteiger partial charge in [0.1, 0.15) is 5.58 Å². The number of nitrogens with zero attached hydrogens (tertiary/aromatic N) is 1. The first-order valence-electron chi connectivity index (χ1n) is 10.2. The topological polar surface area (TPSA) is 45.5 Å². The average molecular weight is 405 g/mol. The largest absolute Gasteiger partial charge is 0.423 e. The quantitative estimate of drug-likeness (QED) is 0.365. The van der Waals surface area contributed by atoms with Crippen molar-refractivity contribution in [2.45, 2.75) is 25.4 Å². The van der Waals surface area contributed by atoms with Gasteiger partial charge in [-0.25, -0.2) is 4.79 Å². The molecule has 1 atom stereocenters. The summed E-state index contributed by atoms with van der Waals surface area (Å²) < 4.78 is 5.49. The Labute approximate surface area is 173 Å². The zero-order chi connectivity index (χ0) is 19.6. The number of rotatable bonds is 6. The molecule has 2 aromatic heterocycles. The molecule has 3 heterocycles. The summed E-state index contributed by atoms with van der Waals surface area (Å²) in [6.45, 7) is 3.83. The third-order valence-corrected chi connectivity index (χ3v) is 6.79. The molecule has 1 aliphatic heterocycles. The molecule has 1 aliphatic rings. The van der Waals surface area contributed by atoms with Crippen molar-refractivity contribution in [1.29, 1.82) is 0 Å². The maximum atomic E-state index is 12.1. The molecule has 2 aromatic carbocycles. The summed E-state index contributed by atoms with van der Waals surface area (Å²) in [5.74, 6) is 0. The zero-order valence-corrected chi connectivity index (χ0v) is 17.1. The van der Waals surface area contributed by atoms with Gasteiger partial charge < -0.3 is 9.73 Å². The van der Waals surface area contributed by atoms with Gasteiger partial charge in [-0.05, 0) is 59.8 Å². The molecule has 4 aromatic rings. The Balaban J connectivity index is 1.44. The minimum absolute atomic E-state index is 0.293. The average Bonchev–Trinajstić information content (AvgIpc) is 3.45. The van der Waals surface area contributed by atoms with Crippen LogP contribution in [0.25, 0.3) is 21.7 Å². The molecule has 0 spiro atoms. The molecule has 4 nitrogen and oxygen atoms in total. The van der Waals surface area contributed by atoms with Crippen LogP contribution in [0.1, 0.15) is 29.3 Å². The monoisotopic (exact) mass is 404 g/mol. The van der Waals surface area contributed by atoms with Crippen molar-refractivity contribution in [3.8, 4) is 0 Å². The van der Waals surface area contributed by atoms with Gasteiger partial charge in [-0.3, -0.25) is 4.90 Å². The predicted molar refractivity (Wildman–Crippen MR) is 120 cm³/mol. The molecule has 5 rings (SSSR count). The Morgan fingerprint density at radius 2 is 1.93 bits per heavy atom. The summed E-state index contributed by atoms with van der Waals surface area (Å²) in [6.07, 6.45) is 2.55. The Morgan fingerprint density at radius 3 is 2.76 bits per heavy atom. The number of nitrogens with one attached hydrogen (secondary N) is 1. The molecule has 1 saturated heterocycles. The van der Waals surface area contributed by atoms with Crippen molar-refractivity contribution < 1.29 is 4.42 Å². The second-order valence-electron chi connectivity index (χ2n) is 7.66. The van der Waals surface area contributed by atoms with Crippen LogP contribution in [-0.2, 0) is 6.54 Å². The molecular formula is C24H24N2O2S. The number of benzene rings is 2. The fourth-order valence-electron chi connectivity index (χ4n) is 4.45. The van der Waals surface area contributed by atoms with E-state index in [4.69, 9.17) is 4.42 Å². The minimum atomic E-state index is -0.293. The lowest BCUT2D eigenvalue weighted by atomic mass is 10.0. The van der Waals surface area contributed by atoms with Gasteiger partial charge in [-0.15, -0.1) is 11.3 Å². The molecule has 0 saturated carbocycles. The summed E-state index contributed by atoms with van der Waals surface area (Å²) >= 11 is 1.82. The van der Waals surface area contributed by atoms with Gasteiger partial charge in [0, 0.05) is 29.4 Å². The van der Waals surface area contributed by atoms with Crippen LogP contribution >= 0.6 is 11.3 Å². The molecule has 1 fully saturated rings. The van der Waals surface area contributed by atoms with Crippen molar-refractivity contribution in [1.82, 2.24) is 10.2 Å². The van der Waals surface area contributed by atoms with Crippen LogP contribution in [0, 0.1) is 0 Å². The van der Waals surface area contributed by atoms with Crippen LogP contribution in [0.2, 0.25) is 0 Å². The van der Waals surface area contributed by atoms with E-state index in [9.17, 15) is 4.79 Å². The van der Waals surface area contributed by atoms with Crippen molar-refractivity contribution >= 4 is 33.1 Å². The summed E-state index contributed by atoms with van der Waals surface area (Å²) in [5, 5.41) is 9.10. The number of hydrogen-bond acceptors (Lipinski definition) is 5. The van der Waals surface area contributed by atoms with Gasteiger partial charge in [0.25, 0.3) is 0 Å². The lowest BCUT2D eigenvalue weighted by Gasteiger charge is -2.27. The molecule has 0 unspecified atom stereocenters. The highest BCUT2D eigenvalue weighted by Gasteiger charge is 2.24. The van der Waals surface area contributed by atoms with E-state index in [1.165, 1.54) is 17.7 Å². The normalized spacial score (nSPS) is 16.0. The third kappa shape index (κ3) is 3.73. The summed E-state index contributed by atoms with van der Waals surface area (Å²) in [5.41, 5.74) is 1.36. The highest BCUT2D eigenvalue weighted by atomic mass is 32.1. The van der Waals surface area contributed by atoms with Crippen molar-refractivity contribution in [3.63, 3.8) is 0 Å². The summed E-state index contributed by atoms with van der Waals surface area (Å²) in [6, 6.07) is 18.6. The van der Waals surface area contributed by atoms with E-state index in [0.717, 1.165) is 41.4 Å². The highest BCUT2D eigenvalue weighted by Crippen LogP contribution is 2.29. The SMILES string of the molecule is O=c1cc(CNC[C@H](c2cccs2)N2CCCC2)c2c(ccc3ccccc32)o1. The standard InChI is InChI=1S/C24H24N2O2S/c27-23-14-18(24-19-7-2-1-6-17(19)9-10-21(24)28-23)15-25-16-20(22-8-5-13-29-22)26-11-3-4-12-26/h1-2,5-10,13-14,20,25H,3-4,11-12,15-16H2/t20-/m1/s1. The molecular weight excluding hydrogens is 380 g/mol. The minimum Gasteiger partial charge on any atom is -0.423 e. The van der Waals surface area contributed by atoms with E-state index in [1.54, 1.807) is 6.07 Å². The predicted octanol–water partition coefficient (Wildman–Crippen LogP) is 4.93. The first-order chi connectivity index (χ1) is 14.3. The van der Waals surface area contributed by atoms with Crippen LogP contribution in [0.5, 0.6) is 0 Å². The number of thiophene rings is 1. The number of fused-ring (bicyclic) bond motifs is 3.